The predicted octanol–water partition coefficient (Wildman–Crippen LogP) is 2.57. The van der Waals surface area contributed by atoms with Gasteiger partial charge in [0.15, 0.2) is 12.1 Å². The number of hydrogen-bond acceptors (Lipinski definition) is 7. The molecule has 0 spiro atoms. The molecule has 4 heterocycles. The highest BCUT2D eigenvalue weighted by atomic mass is 16.6. The van der Waals surface area contributed by atoms with Crippen LogP contribution in [0.4, 0.5) is 22.7 Å². The average Bonchev–Trinajstić information content (AvgIpc) is 3.59. The first-order valence-electron chi connectivity index (χ1n) is 11.4. The zero-order valence-corrected chi connectivity index (χ0v) is 21.4. The van der Waals surface area contributed by atoms with Crippen molar-refractivity contribution >= 4 is 34.6 Å². The van der Waals surface area contributed by atoms with Crippen molar-refractivity contribution in [3.63, 3.8) is 0 Å². The number of aryl methyl sites for hydroxylation is 4. The van der Waals surface area contributed by atoms with Crippen LogP contribution in [0.3, 0.4) is 0 Å². The van der Waals surface area contributed by atoms with Crippen LogP contribution in [0.5, 0.6) is 5.88 Å². The monoisotopic (exact) mass is 524 g/mol. The summed E-state index contributed by atoms with van der Waals surface area (Å²) in [5, 5.41) is 30.1. The minimum atomic E-state index is -1.05. The number of nitrogens with one attached hydrogen (secondary N) is 3. The van der Waals surface area contributed by atoms with E-state index < -0.39 is 23.0 Å². The van der Waals surface area contributed by atoms with E-state index >= 15 is 0 Å². The van der Waals surface area contributed by atoms with Gasteiger partial charge in [0.1, 0.15) is 11.4 Å². The largest absolute Gasteiger partial charge is 0.482 e. The minimum absolute atomic E-state index is 0.101. The highest BCUT2D eigenvalue weighted by molar-refractivity contribution is 6.06. The number of aliphatic hydroxyl groups is 1. The highest BCUT2D eigenvalue weighted by Gasteiger charge is 2.20. The first kappa shape index (κ1) is 26.1. The summed E-state index contributed by atoms with van der Waals surface area (Å²) in [6, 6.07) is 6.06. The zero-order chi connectivity index (χ0) is 27.7. The summed E-state index contributed by atoms with van der Waals surface area (Å²) in [4.78, 5) is 36.0. The van der Waals surface area contributed by atoms with Gasteiger partial charge < -0.3 is 44.1 Å². The van der Waals surface area contributed by atoms with Crippen molar-refractivity contribution in [3.05, 3.63) is 76.2 Å². The lowest BCUT2D eigenvalue weighted by molar-refractivity contribution is -0.384. The summed E-state index contributed by atoms with van der Waals surface area (Å²) in [5.74, 6) is -0.360. The molecule has 0 saturated heterocycles. The molecule has 0 aromatic carbocycles. The molecule has 0 aliphatic heterocycles. The molecular weight excluding hydrogens is 496 g/mol. The summed E-state index contributed by atoms with van der Waals surface area (Å²) in [6.45, 7) is 0. The average molecular weight is 525 g/mol. The highest BCUT2D eigenvalue weighted by Crippen LogP contribution is 2.26. The van der Waals surface area contributed by atoms with E-state index in [0.29, 0.717) is 28.6 Å². The van der Waals surface area contributed by atoms with Crippen molar-refractivity contribution in [2.24, 2.45) is 28.2 Å². The van der Waals surface area contributed by atoms with E-state index in [9.17, 15) is 24.8 Å². The molecular formula is C24H28N8O6. The maximum atomic E-state index is 13.0. The van der Waals surface area contributed by atoms with Gasteiger partial charge in [0.2, 0.25) is 0 Å². The minimum Gasteiger partial charge on any atom is -0.482 e. The zero-order valence-electron chi connectivity index (χ0n) is 21.4. The number of carbonyl (C=O) groups excluding carboxylic acids is 2. The Morgan fingerprint density at radius 2 is 1.39 bits per heavy atom. The molecule has 4 rings (SSSR count). The molecule has 38 heavy (non-hydrogen) atoms. The quantitative estimate of drug-likeness (QED) is 0.149. The van der Waals surface area contributed by atoms with Crippen molar-refractivity contribution in [2.45, 2.75) is 6.23 Å². The molecule has 0 aliphatic carbocycles. The molecule has 0 saturated carbocycles. The SMILES string of the molecule is COc1cc(NC(O)c2cc(NC(=O)c3cc(NC(=O)c4cc([N+](=O)[O-])cn4C)cn3C)cn2C)cn1C. The molecule has 4 aromatic rings. The molecule has 1 unspecified atom stereocenters. The van der Waals surface area contributed by atoms with Crippen LogP contribution in [0.2, 0.25) is 0 Å². The molecule has 200 valence electrons. The third kappa shape index (κ3) is 5.24. The summed E-state index contributed by atoms with van der Waals surface area (Å²) in [6.07, 6.45) is 5.19. The third-order valence-electron chi connectivity index (χ3n) is 5.98. The number of hydrogen-bond donors (Lipinski definition) is 4. The molecule has 0 fully saturated rings. The van der Waals surface area contributed by atoms with Crippen LogP contribution in [-0.4, -0.2) is 47.2 Å². The van der Waals surface area contributed by atoms with Crippen molar-refractivity contribution in [1.29, 1.82) is 0 Å². The standard InChI is InChI=1S/C24H28N8O6/c1-28-11-15(26-24(35)20-9-17(32(36)37)13-30(20)3)7-18(28)22(33)25-14-6-19(29(2)10-14)23(34)27-16-8-21(38-5)31(4)12-16/h6-13,23,27,34H,1-5H3,(H,25,33)(H,26,35). The lowest BCUT2D eigenvalue weighted by Crippen LogP contribution is -2.15. The van der Waals surface area contributed by atoms with Gasteiger partial charge in [-0.15, -0.1) is 0 Å². The van der Waals surface area contributed by atoms with Crippen molar-refractivity contribution in [1.82, 2.24) is 18.3 Å². The summed E-state index contributed by atoms with van der Waals surface area (Å²) in [5.41, 5.74) is 2.14. The number of rotatable bonds is 9. The second-order valence-electron chi connectivity index (χ2n) is 8.78. The van der Waals surface area contributed by atoms with Crippen LogP contribution in [0.1, 0.15) is 32.9 Å². The Morgan fingerprint density at radius 1 is 0.842 bits per heavy atom. The molecule has 0 radical (unpaired) electrons. The van der Waals surface area contributed by atoms with Gasteiger partial charge in [-0.05, 0) is 12.1 Å². The van der Waals surface area contributed by atoms with E-state index in [1.807, 2.05) is 7.05 Å². The maximum absolute atomic E-state index is 13.0. The number of carbonyl (C=O) groups is 2. The third-order valence-corrected chi connectivity index (χ3v) is 5.98. The summed E-state index contributed by atoms with van der Waals surface area (Å²) < 4.78 is 11.6. The van der Waals surface area contributed by atoms with Gasteiger partial charge in [-0.2, -0.15) is 0 Å². The van der Waals surface area contributed by atoms with Gasteiger partial charge in [-0.1, -0.05) is 0 Å². The molecule has 2 amide bonds. The lowest BCUT2D eigenvalue weighted by atomic mass is 10.3. The fraction of sp³-hybridized carbons (Fsp3) is 0.250. The van der Waals surface area contributed by atoms with Crippen molar-refractivity contribution in [3.8, 4) is 5.88 Å². The van der Waals surface area contributed by atoms with E-state index in [2.05, 4.69) is 16.0 Å². The molecule has 14 heteroatoms. The van der Waals surface area contributed by atoms with Crippen LogP contribution < -0.4 is 20.7 Å². The number of anilines is 3. The van der Waals surface area contributed by atoms with Gasteiger partial charge in [-0.3, -0.25) is 19.7 Å². The molecule has 0 aliphatic rings. The second-order valence-corrected chi connectivity index (χ2v) is 8.78. The predicted molar refractivity (Wildman–Crippen MR) is 139 cm³/mol. The summed E-state index contributed by atoms with van der Waals surface area (Å²) >= 11 is 0. The molecule has 4 aromatic heterocycles. The molecule has 1 atom stereocenters. The van der Waals surface area contributed by atoms with E-state index in [4.69, 9.17) is 4.74 Å². The van der Waals surface area contributed by atoms with E-state index in [1.165, 1.54) is 29.9 Å². The number of amides is 2. The van der Waals surface area contributed by atoms with Gasteiger partial charge in [-0.25, -0.2) is 0 Å². The van der Waals surface area contributed by atoms with Crippen molar-refractivity contribution in [2.75, 3.05) is 23.1 Å². The number of methoxy groups -OCH3 is 1. The van der Waals surface area contributed by atoms with Crippen LogP contribution in [0.25, 0.3) is 0 Å². The summed E-state index contributed by atoms with van der Waals surface area (Å²) in [7, 11) is 8.30. The number of aliphatic hydroxyl groups excluding tert-OH is 1. The Labute approximate surface area is 217 Å². The fourth-order valence-corrected chi connectivity index (χ4v) is 4.10. The number of ether oxygens (including phenoxy) is 1. The van der Waals surface area contributed by atoms with Crippen LogP contribution >= 0.6 is 0 Å². The van der Waals surface area contributed by atoms with E-state index in [1.54, 1.807) is 65.6 Å². The van der Waals surface area contributed by atoms with Crippen molar-refractivity contribution < 1.29 is 24.4 Å². The van der Waals surface area contributed by atoms with Gasteiger partial charge in [0, 0.05) is 58.9 Å². The van der Waals surface area contributed by atoms with Gasteiger partial charge in [0.25, 0.3) is 17.5 Å². The van der Waals surface area contributed by atoms with Crippen LogP contribution in [0.15, 0.2) is 49.1 Å². The van der Waals surface area contributed by atoms with Crippen LogP contribution in [-0.2, 0) is 28.2 Å². The number of nitrogens with zero attached hydrogens (tertiary/aromatic N) is 5. The smallest absolute Gasteiger partial charge is 0.287 e. The Balaban J connectivity index is 1.43. The fourth-order valence-electron chi connectivity index (χ4n) is 4.10. The first-order valence-corrected chi connectivity index (χ1v) is 11.4. The number of aromatic nitrogens is 4. The Hall–Kier alpha value is -4.98. The Kier molecular flexibility index (Phi) is 6.99. The Bertz CT molecular complexity index is 1520. The second kappa shape index (κ2) is 10.2. The van der Waals surface area contributed by atoms with E-state index in [-0.39, 0.29) is 17.1 Å². The lowest BCUT2D eigenvalue weighted by Gasteiger charge is -2.13. The normalized spacial score (nSPS) is 11.7. The molecule has 14 nitrogen and oxygen atoms in total. The van der Waals surface area contributed by atoms with Crippen LogP contribution in [0, 0.1) is 10.1 Å². The van der Waals surface area contributed by atoms with E-state index in [0.717, 1.165) is 0 Å². The van der Waals surface area contributed by atoms with Gasteiger partial charge in [0.05, 0.1) is 41.0 Å². The number of nitro groups is 1. The van der Waals surface area contributed by atoms with Gasteiger partial charge >= 0.3 is 0 Å². The maximum Gasteiger partial charge on any atom is 0.287 e. The molecule has 4 N–H and O–H groups in total. The molecule has 0 bridgehead atoms. The first-order chi connectivity index (χ1) is 18.0. The Morgan fingerprint density at radius 3 is 1.97 bits per heavy atom. The topological polar surface area (TPSA) is 163 Å².